The largest absolute Gasteiger partial charge is 0.472 e. The van der Waals surface area contributed by atoms with Gasteiger partial charge >= 0.3 is 39.5 Å². The van der Waals surface area contributed by atoms with Gasteiger partial charge in [0.2, 0.25) is 0 Å². The van der Waals surface area contributed by atoms with Gasteiger partial charge in [0.25, 0.3) is 0 Å². The molecule has 0 spiro atoms. The van der Waals surface area contributed by atoms with Gasteiger partial charge < -0.3 is 33.8 Å². The molecule has 0 rings (SSSR count). The lowest BCUT2D eigenvalue weighted by Crippen LogP contribution is -2.30. The van der Waals surface area contributed by atoms with Crippen LogP contribution in [0.3, 0.4) is 0 Å². The molecular formula is C59H114O17P2. The number of aliphatic hydroxyl groups excluding tert-OH is 1. The molecule has 0 radical (unpaired) electrons. The Bertz CT molecular complexity index is 1540. The molecule has 0 saturated carbocycles. The molecule has 17 nitrogen and oxygen atoms in total. The molecule has 19 heteroatoms. The van der Waals surface area contributed by atoms with Gasteiger partial charge in [0.05, 0.1) is 26.4 Å². The lowest BCUT2D eigenvalue weighted by Gasteiger charge is -2.21. The Kier molecular flexibility index (Phi) is 51.8. The van der Waals surface area contributed by atoms with Gasteiger partial charge in [0.15, 0.2) is 12.2 Å². The summed E-state index contributed by atoms with van der Waals surface area (Å²) in [5.74, 6) is -1.42. The van der Waals surface area contributed by atoms with Crippen LogP contribution in [-0.2, 0) is 65.4 Å². The molecule has 0 aliphatic heterocycles. The summed E-state index contributed by atoms with van der Waals surface area (Å²) in [6.07, 6.45) is 35.1. The summed E-state index contributed by atoms with van der Waals surface area (Å²) in [5.41, 5.74) is 0. The number of unbranched alkanes of at least 4 members (excludes halogenated alkanes) is 30. The van der Waals surface area contributed by atoms with Crippen LogP contribution in [0.1, 0.15) is 291 Å². The molecule has 0 heterocycles. The number of ether oxygens (including phenoxy) is 4. The van der Waals surface area contributed by atoms with Crippen LogP contribution < -0.4 is 0 Å². The van der Waals surface area contributed by atoms with E-state index in [1.807, 2.05) is 0 Å². The highest BCUT2D eigenvalue weighted by Crippen LogP contribution is 2.45. The highest BCUT2D eigenvalue weighted by atomic mass is 31.2. The predicted molar refractivity (Wildman–Crippen MR) is 308 cm³/mol. The monoisotopic (exact) mass is 1160 g/mol. The molecule has 0 saturated heterocycles. The average Bonchev–Trinajstić information content (AvgIpc) is 3.41. The second kappa shape index (κ2) is 53.1. The van der Waals surface area contributed by atoms with Crippen LogP contribution in [0.5, 0.6) is 0 Å². The fourth-order valence-corrected chi connectivity index (χ4v) is 10.2. The van der Waals surface area contributed by atoms with Crippen molar-refractivity contribution in [3.05, 3.63) is 0 Å². The first kappa shape index (κ1) is 76.1. The van der Waals surface area contributed by atoms with Crippen LogP contribution in [0, 0.1) is 5.92 Å². The molecule has 6 atom stereocenters. The van der Waals surface area contributed by atoms with Gasteiger partial charge in [-0.05, 0) is 31.6 Å². The van der Waals surface area contributed by atoms with Crippen LogP contribution in [0.15, 0.2) is 0 Å². The molecule has 0 aliphatic rings. The van der Waals surface area contributed by atoms with Crippen molar-refractivity contribution in [2.45, 2.75) is 310 Å². The van der Waals surface area contributed by atoms with Crippen LogP contribution in [-0.4, -0.2) is 96.7 Å². The Morgan fingerprint density at radius 1 is 0.359 bits per heavy atom. The Morgan fingerprint density at radius 2 is 0.615 bits per heavy atom. The van der Waals surface area contributed by atoms with Gasteiger partial charge in [-0.1, -0.05) is 240 Å². The molecule has 0 aromatic heterocycles. The number of phosphoric acid groups is 2. The summed E-state index contributed by atoms with van der Waals surface area (Å²) in [6.45, 7) is 7.03. The lowest BCUT2D eigenvalue weighted by atomic mass is 10.00. The molecule has 3 N–H and O–H groups in total. The fraction of sp³-hybridized carbons (Fsp3) is 0.932. The van der Waals surface area contributed by atoms with Gasteiger partial charge in [-0.2, -0.15) is 0 Å². The molecule has 3 unspecified atom stereocenters. The van der Waals surface area contributed by atoms with Crippen molar-refractivity contribution in [2.24, 2.45) is 5.92 Å². The van der Waals surface area contributed by atoms with Crippen LogP contribution in [0.2, 0.25) is 0 Å². The van der Waals surface area contributed by atoms with Crippen molar-refractivity contribution < 1.29 is 80.2 Å². The molecule has 0 aromatic carbocycles. The first-order valence-electron chi connectivity index (χ1n) is 31.2. The van der Waals surface area contributed by atoms with Gasteiger partial charge in [-0.15, -0.1) is 0 Å². The summed E-state index contributed by atoms with van der Waals surface area (Å²) in [6, 6.07) is 0. The third kappa shape index (κ3) is 52.2. The quantitative estimate of drug-likeness (QED) is 0.0222. The Hall–Kier alpha value is -1.94. The number of hydrogen-bond acceptors (Lipinski definition) is 15. The van der Waals surface area contributed by atoms with Crippen molar-refractivity contribution in [1.82, 2.24) is 0 Å². The standard InChI is InChI=1S/C59H114O17P2/c1-6-10-13-16-19-20-21-22-23-24-25-28-35-40-45-59(64)76-55(49-70-57(62)43-38-33-30-29-31-36-41-52(5)9-4)51-74-78(67,68)72-47-53(60)46-71-77(65,66)73-50-54(75-58(63)44-39-34-27-18-15-12-8-3)48-69-56(61)42-37-32-26-17-14-11-7-2/h52-55,60H,6-51H2,1-5H3,(H,65,66)(H,67,68)/t52?,53-,54+,55+/m0/s1. The highest BCUT2D eigenvalue weighted by Gasteiger charge is 2.30. The zero-order chi connectivity index (χ0) is 57.8. The van der Waals surface area contributed by atoms with E-state index in [1.54, 1.807) is 0 Å². The van der Waals surface area contributed by atoms with Gasteiger partial charge in [0, 0.05) is 25.7 Å². The first-order valence-corrected chi connectivity index (χ1v) is 34.2. The number of carbonyl (C=O) groups is 4. The van der Waals surface area contributed by atoms with E-state index >= 15 is 0 Å². The normalized spacial score (nSPS) is 14.7. The number of aliphatic hydroxyl groups is 1. The van der Waals surface area contributed by atoms with E-state index in [2.05, 4.69) is 34.6 Å². The second-order valence-electron chi connectivity index (χ2n) is 21.6. The topological polar surface area (TPSA) is 237 Å². The van der Waals surface area contributed by atoms with Crippen molar-refractivity contribution in [3.8, 4) is 0 Å². The van der Waals surface area contributed by atoms with Gasteiger partial charge in [-0.3, -0.25) is 37.3 Å². The number of hydrogen-bond donors (Lipinski definition) is 3. The van der Waals surface area contributed by atoms with Crippen molar-refractivity contribution >= 4 is 39.5 Å². The molecule has 0 aliphatic carbocycles. The predicted octanol–water partition coefficient (Wildman–Crippen LogP) is 15.8. The van der Waals surface area contributed by atoms with Crippen molar-refractivity contribution in [2.75, 3.05) is 39.6 Å². The van der Waals surface area contributed by atoms with Gasteiger partial charge in [-0.25, -0.2) is 9.13 Å². The van der Waals surface area contributed by atoms with E-state index in [0.29, 0.717) is 25.7 Å². The van der Waals surface area contributed by atoms with E-state index in [1.165, 1.54) is 83.5 Å². The van der Waals surface area contributed by atoms with Crippen molar-refractivity contribution in [1.29, 1.82) is 0 Å². The average molecular weight is 1160 g/mol. The summed E-state index contributed by atoms with van der Waals surface area (Å²) >= 11 is 0. The smallest absolute Gasteiger partial charge is 0.462 e. The van der Waals surface area contributed by atoms with Crippen LogP contribution in [0.4, 0.5) is 0 Å². The molecule has 462 valence electrons. The van der Waals surface area contributed by atoms with E-state index in [-0.39, 0.29) is 25.7 Å². The third-order valence-corrected chi connectivity index (χ3v) is 15.8. The number of esters is 4. The van der Waals surface area contributed by atoms with Gasteiger partial charge in [0.1, 0.15) is 19.3 Å². The van der Waals surface area contributed by atoms with Crippen LogP contribution in [0.25, 0.3) is 0 Å². The summed E-state index contributed by atoms with van der Waals surface area (Å²) in [7, 11) is -9.87. The summed E-state index contributed by atoms with van der Waals surface area (Å²) in [5, 5.41) is 10.5. The molecule has 0 fully saturated rings. The SMILES string of the molecule is CCCCCCCCCCCCCCCCC(=O)O[C@H](COC(=O)CCCCCCCCC(C)CC)COP(=O)(O)OC[C@@H](O)COP(=O)(O)OC[C@@H](COC(=O)CCCCCCCCC)OC(=O)CCCCCCCCC. The Balaban J connectivity index is 5.19. The number of rotatable bonds is 59. The Morgan fingerprint density at radius 3 is 0.910 bits per heavy atom. The maximum Gasteiger partial charge on any atom is 0.472 e. The zero-order valence-corrected chi connectivity index (χ0v) is 51.6. The van der Waals surface area contributed by atoms with Crippen LogP contribution >= 0.6 is 15.6 Å². The fourth-order valence-electron chi connectivity index (χ4n) is 8.67. The molecule has 78 heavy (non-hydrogen) atoms. The lowest BCUT2D eigenvalue weighted by molar-refractivity contribution is -0.161. The van der Waals surface area contributed by atoms with E-state index < -0.39 is 97.5 Å². The third-order valence-electron chi connectivity index (χ3n) is 13.9. The second-order valence-corrected chi connectivity index (χ2v) is 24.5. The minimum atomic E-state index is -4.94. The van der Waals surface area contributed by atoms with E-state index in [4.69, 9.17) is 37.0 Å². The number of phosphoric ester groups is 2. The summed E-state index contributed by atoms with van der Waals surface area (Å²) < 4.78 is 67.6. The minimum Gasteiger partial charge on any atom is -0.462 e. The molecule has 0 bridgehead atoms. The maximum absolute atomic E-state index is 12.9. The zero-order valence-electron chi connectivity index (χ0n) is 49.8. The molecular weight excluding hydrogens is 1040 g/mol. The molecule has 0 aromatic rings. The van der Waals surface area contributed by atoms with E-state index in [9.17, 15) is 43.2 Å². The van der Waals surface area contributed by atoms with E-state index in [0.717, 1.165) is 128 Å². The molecule has 0 amide bonds. The van der Waals surface area contributed by atoms with Crippen molar-refractivity contribution in [3.63, 3.8) is 0 Å². The number of carbonyl (C=O) groups excluding carboxylic acids is 4. The summed E-state index contributed by atoms with van der Waals surface area (Å²) in [4.78, 5) is 71.7. The highest BCUT2D eigenvalue weighted by molar-refractivity contribution is 7.47. The maximum atomic E-state index is 12.9. The Labute approximate surface area is 473 Å². The minimum absolute atomic E-state index is 0.103. The first-order chi connectivity index (χ1) is 37.6.